The molecule has 1 aromatic carbocycles. The molecule has 0 radical (unpaired) electrons. The number of esters is 1. The molecule has 2 atom stereocenters. The van der Waals surface area contributed by atoms with Gasteiger partial charge in [0.05, 0.1) is 36.0 Å². The normalized spacial score (nSPS) is 18.2. The molecule has 0 aliphatic carbocycles. The fraction of sp³-hybridized carbons (Fsp3) is 0.556. The molecule has 136 valence electrons. The first-order valence-electron chi connectivity index (χ1n) is 8.36. The summed E-state index contributed by atoms with van der Waals surface area (Å²) < 4.78 is 21.9. The highest BCUT2D eigenvalue weighted by molar-refractivity contribution is 6.32. The number of carbonyl (C=O) groups excluding carboxylic acids is 1. The molecule has 1 aliphatic rings. The highest BCUT2D eigenvalue weighted by Gasteiger charge is 2.23. The lowest BCUT2D eigenvalue weighted by atomic mass is 10.1. The van der Waals surface area contributed by atoms with Crippen LogP contribution in [0.15, 0.2) is 12.1 Å². The predicted molar refractivity (Wildman–Crippen MR) is 92.0 cm³/mol. The van der Waals surface area contributed by atoms with E-state index in [1.165, 1.54) is 12.1 Å². The SMILES string of the molecule is CCOc1cc(C#N)cc(Cl)c1OC(=O)C(C)OCC1CCCCO1. The zero-order valence-corrected chi connectivity index (χ0v) is 15.2. The van der Waals surface area contributed by atoms with Crippen molar-refractivity contribution in [1.29, 1.82) is 5.26 Å². The van der Waals surface area contributed by atoms with Crippen molar-refractivity contribution in [2.75, 3.05) is 19.8 Å². The van der Waals surface area contributed by atoms with Crippen LogP contribution in [0.2, 0.25) is 5.02 Å². The molecule has 2 unspecified atom stereocenters. The summed E-state index contributed by atoms with van der Waals surface area (Å²) in [4.78, 5) is 12.3. The van der Waals surface area contributed by atoms with E-state index < -0.39 is 12.1 Å². The Labute approximate surface area is 152 Å². The van der Waals surface area contributed by atoms with Crippen LogP contribution in [0.1, 0.15) is 38.7 Å². The van der Waals surface area contributed by atoms with Crippen LogP contribution in [0.5, 0.6) is 11.5 Å². The monoisotopic (exact) mass is 367 g/mol. The molecule has 2 rings (SSSR count). The second-order valence-electron chi connectivity index (χ2n) is 5.72. The van der Waals surface area contributed by atoms with Gasteiger partial charge in [-0.2, -0.15) is 5.26 Å². The van der Waals surface area contributed by atoms with Crippen LogP contribution in [0.4, 0.5) is 0 Å². The lowest BCUT2D eigenvalue weighted by Crippen LogP contribution is -2.31. The van der Waals surface area contributed by atoms with Crippen molar-refractivity contribution in [1.82, 2.24) is 0 Å². The number of hydrogen-bond donors (Lipinski definition) is 0. The van der Waals surface area contributed by atoms with Gasteiger partial charge in [-0.25, -0.2) is 4.79 Å². The maximum Gasteiger partial charge on any atom is 0.340 e. The number of halogens is 1. The van der Waals surface area contributed by atoms with Crippen molar-refractivity contribution in [2.45, 2.75) is 45.3 Å². The van der Waals surface area contributed by atoms with Crippen LogP contribution in [-0.2, 0) is 14.3 Å². The lowest BCUT2D eigenvalue weighted by molar-refractivity contribution is -0.149. The molecule has 1 heterocycles. The van der Waals surface area contributed by atoms with Crippen LogP contribution in [0, 0.1) is 11.3 Å². The summed E-state index contributed by atoms with van der Waals surface area (Å²) >= 11 is 6.13. The maximum atomic E-state index is 12.3. The average Bonchev–Trinajstić information content (AvgIpc) is 2.63. The number of hydrogen-bond acceptors (Lipinski definition) is 6. The van der Waals surface area contributed by atoms with E-state index in [0.717, 1.165) is 25.9 Å². The zero-order valence-electron chi connectivity index (χ0n) is 14.4. The highest BCUT2D eigenvalue weighted by atomic mass is 35.5. The first kappa shape index (κ1) is 19.5. The number of carbonyl (C=O) groups is 1. The maximum absolute atomic E-state index is 12.3. The van der Waals surface area contributed by atoms with E-state index in [1.807, 2.05) is 6.07 Å². The van der Waals surface area contributed by atoms with Crippen LogP contribution in [0.25, 0.3) is 0 Å². The molecule has 1 aromatic rings. The van der Waals surface area contributed by atoms with Crippen molar-refractivity contribution in [3.05, 3.63) is 22.7 Å². The Morgan fingerprint density at radius 3 is 2.92 bits per heavy atom. The van der Waals surface area contributed by atoms with Gasteiger partial charge in [0.2, 0.25) is 0 Å². The molecule has 25 heavy (non-hydrogen) atoms. The number of nitriles is 1. The predicted octanol–water partition coefficient (Wildman–Crippen LogP) is 3.49. The van der Waals surface area contributed by atoms with Gasteiger partial charge < -0.3 is 18.9 Å². The van der Waals surface area contributed by atoms with Gasteiger partial charge in [0, 0.05) is 12.7 Å². The number of ether oxygens (including phenoxy) is 4. The van der Waals surface area contributed by atoms with E-state index >= 15 is 0 Å². The molecule has 0 aromatic heterocycles. The molecule has 1 fully saturated rings. The first-order valence-corrected chi connectivity index (χ1v) is 8.74. The quantitative estimate of drug-likeness (QED) is 0.542. The van der Waals surface area contributed by atoms with Gasteiger partial charge in [-0.05, 0) is 39.2 Å². The molecule has 6 nitrogen and oxygen atoms in total. The molecule has 1 aliphatic heterocycles. The Bertz CT molecular complexity index is 637. The summed E-state index contributed by atoms with van der Waals surface area (Å²) in [6, 6.07) is 4.89. The molecular weight excluding hydrogens is 346 g/mol. The first-order chi connectivity index (χ1) is 12.0. The largest absolute Gasteiger partial charge is 0.490 e. The standard InChI is InChI=1S/C18H22ClNO5/c1-3-22-16-9-13(10-20)8-15(19)17(16)25-18(21)12(2)24-11-14-6-4-5-7-23-14/h8-9,12,14H,3-7,11H2,1-2H3. The van der Waals surface area contributed by atoms with Gasteiger partial charge in [-0.1, -0.05) is 11.6 Å². The number of benzene rings is 1. The van der Waals surface area contributed by atoms with Gasteiger partial charge in [-0.15, -0.1) is 0 Å². The Morgan fingerprint density at radius 1 is 1.48 bits per heavy atom. The number of rotatable bonds is 7. The van der Waals surface area contributed by atoms with E-state index in [2.05, 4.69) is 0 Å². The molecule has 0 bridgehead atoms. The summed E-state index contributed by atoms with van der Waals surface area (Å²) in [6.07, 6.45) is 2.34. The van der Waals surface area contributed by atoms with E-state index in [1.54, 1.807) is 13.8 Å². The van der Waals surface area contributed by atoms with E-state index in [4.69, 9.17) is 35.8 Å². The van der Waals surface area contributed by atoms with Crippen LogP contribution in [0.3, 0.4) is 0 Å². The molecule has 0 N–H and O–H groups in total. The molecular formula is C18H22ClNO5. The van der Waals surface area contributed by atoms with E-state index in [0.29, 0.717) is 18.8 Å². The topological polar surface area (TPSA) is 77.8 Å². The summed E-state index contributed by atoms with van der Waals surface area (Å²) in [5, 5.41) is 9.14. The third kappa shape index (κ3) is 5.60. The van der Waals surface area contributed by atoms with Crippen LogP contribution < -0.4 is 9.47 Å². The van der Waals surface area contributed by atoms with Gasteiger partial charge in [0.1, 0.15) is 0 Å². The van der Waals surface area contributed by atoms with Gasteiger partial charge in [0.15, 0.2) is 17.6 Å². The molecule has 0 spiro atoms. The van der Waals surface area contributed by atoms with Gasteiger partial charge in [0.25, 0.3) is 0 Å². The Hall–Kier alpha value is -1.81. The van der Waals surface area contributed by atoms with Gasteiger partial charge in [-0.3, -0.25) is 0 Å². The second-order valence-corrected chi connectivity index (χ2v) is 6.12. The average molecular weight is 368 g/mol. The van der Waals surface area contributed by atoms with Crippen molar-refractivity contribution >= 4 is 17.6 Å². The minimum atomic E-state index is -0.772. The summed E-state index contributed by atoms with van der Waals surface area (Å²) in [5.41, 5.74) is 0.326. The van der Waals surface area contributed by atoms with Crippen molar-refractivity contribution < 1.29 is 23.7 Å². The van der Waals surface area contributed by atoms with Crippen molar-refractivity contribution in [2.24, 2.45) is 0 Å². The third-order valence-corrected chi connectivity index (χ3v) is 4.06. The fourth-order valence-corrected chi connectivity index (χ4v) is 2.69. The third-order valence-electron chi connectivity index (χ3n) is 3.78. The molecule has 7 heteroatoms. The Balaban J connectivity index is 1.99. The van der Waals surface area contributed by atoms with E-state index in [-0.39, 0.29) is 22.6 Å². The molecule has 1 saturated heterocycles. The van der Waals surface area contributed by atoms with Crippen LogP contribution >= 0.6 is 11.6 Å². The summed E-state index contributed by atoms with van der Waals surface area (Å²) in [5.74, 6) is -0.233. The summed E-state index contributed by atoms with van der Waals surface area (Å²) in [7, 11) is 0. The second kappa shape index (κ2) is 9.62. The Morgan fingerprint density at radius 2 is 2.28 bits per heavy atom. The lowest BCUT2D eigenvalue weighted by Gasteiger charge is -2.23. The van der Waals surface area contributed by atoms with Gasteiger partial charge >= 0.3 is 5.97 Å². The summed E-state index contributed by atoms with van der Waals surface area (Å²) in [6.45, 7) is 4.82. The van der Waals surface area contributed by atoms with Crippen molar-refractivity contribution in [3.8, 4) is 17.6 Å². The highest BCUT2D eigenvalue weighted by Crippen LogP contribution is 2.36. The minimum absolute atomic E-state index is 0.0153. The minimum Gasteiger partial charge on any atom is -0.490 e. The smallest absolute Gasteiger partial charge is 0.340 e. The Kier molecular flexibility index (Phi) is 7.51. The van der Waals surface area contributed by atoms with Crippen molar-refractivity contribution in [3.63, 3.8) is 0 Å². The van der Waals surface area contributed by atoms with E-state index in [9.17, 15) is 4.79 Å². The van der Waals surface area contributed by atoms with Crippen LogP contribution in [-0.4, -0.2) is 38.0 Å². The zero-order chi connectivity index (χ0) is 18.2. The number of nitrogens with zero attached hydrogens (tertiary/aromatic N) is 1. The fourth-order valence-electron chi connectivity index (χ4n) is 2.44. The molecule has 0 amide bonds. The molecule has 0 saturated carbocycles.